The molecule has 2 aromatic carbocycles. The number of amides is 2. The molecule has 0 saturated carbocycles. The predicted octanol–water partition coefficient (Wildman–Crippen LogP) is 3.80. The lowest BCUT2D eigenvalue weighted by molar-refractivity contribution is -0.139. The van der Waals surface area contributed by atoms with Crippen molar-refractivity contribution in [3.8, 4) is 0 Å². The van der Waals surface area contributed by atoms with Gasteiger partial charge < -0.3 is 10.2 Å². The van der Waals surface area contributed by atoms with E-state index in [2.05, 4.69) is 29.3 Å². The van der Waals surface area contributed by atoms with Crippen molar-refractivity contribution in [1.29, 1.82) is 0 Å². The minimum absolute atomic E-state index is 0.0740. The first-order chi connectivity index (χ1) is 14.7. The Morgan fingerprint density at radius 1 is 0.967 bits per heavy atom. The Hall–Kier alpha value is -2.66. The highest BCUT2D eigenvalue weighted by atomic mass is 16.2. The number of nitrogens with one attached hydrogen (secondary N) is 1. The molecule has 2 aliphatic heterocycles. The number of likely N-dealkylation sites (tertiary alicyclic amines) is 1. The lowest BCUT2D eigenvalue weighted by atomic mass is 9.91. The molecule has 2 aromatic rings. The first kappa shape index (κ1) is 20.6. The Kier molecular flexibility index (Phi) is 6.48. The second-order valence-electron chi connectivity index (χ2n) is 8.31. The monoisotopic (exact) mass is 405 g/mol. The fourth-order valence-electron chi connectivity index (χ4n) is 4.57. The largest absolute Gasteiger partial charge is 0.341 e. The summed E-state index contributed by atoms with van der Waals surface area (Å²) in [6.07, 6.45) is 5.15. The number of nitrogens with zero attached hydrogens (tertiary/aromatic N) is 2. The van der Waals surface area contributed by atoms with Gasteiger partial charge in [-0.1, -0.05) is 43.3 Å². The molecule has 4 rings (SSSR count). The van der Waals surface area contributed by atoms with Gasteiger partial charge in [0, 0.05) is 25.3 Å². The molecule has 2 heterocycles. The molecule has 0 aromatic heterocycles. The summed E-state index contributed by atoms with van der Waals surface area (Å²) >= 11 is 0. The molecule has 1 N–H and O–H groups in total. The Bertz CT molecular complexity index is 888. The fourth-order valence-corrected chi connectivity index (χ4v) is 4.57. The van der Waals surface area contributed by atoms with Gasteiger partial charge in [-0.25, -0.2) is 0 Å². The van der Waals surface area contributed by atoms with Crippen molar-refractivity contribution in [2.24, 2.45) is 0 Å². The molecule has 5 heteroatoms. The fraction of sp³-hybridized carbons (Fsp3) is 0.440. The molecule has 1 atom stereocenters. The number of fused-ring (bicyclic) bond motifs is 1. The number of hydrogen-bond donors (Lipinski definition) is 1. The molecule has 0 radical (unpaired) electrons. The zero-order valence-electron chi connectivity index (χ0n) is 17.8. The molecule has 158 valence electrons. The van der Waals surface area contributed by atoms with Gasteiger partial charge in [-0.2, -0.15) is 0 Å². The highest BCUT2D eigenvalue weighted by molar-refractivity contribution is 5.93. The number of carbonyl (C=O) groups is 2. The van der Waals surface area contributed by atoms with E-state index in [1.54, 1.807) is 0 Å². The highest BCUT2D eigenvalue weighted by Crippen LogP contribution is 2.32. The summed E-state index contributed by atoms with van der Waals surface area (Å²) in [5, 5.41) is 3.00. The minimum atomic E-state index is -0.374. The van der Waals surface area contributed by atoms with Crippen molar-refractivity contribution >= 4 is 17.5 Å². The van der Waals surface area contributed by atoms with E-state index in [9.17, 15) is 9.59 Å². The Balaban J connectivity index is 1.51. The van der Waals surface area contributed by atoms with E-state index >= 15 is 0 Å². The summed E-state index contributed by atoms with van der Waals surface area (Å²) in [6, 6.07) is 15.8. The topological polar surface area (TPSA) is 52.7 Å². The van der Waals surface area contributed by atoms with E-state index in [0.717, 1.165) is 50.0 Å². The van der Waals surface area contributed by atoms with Crippen molar-refractivity contribution in [2.45, 2.75) is 45.1 Å². The average Bonchev–Trinajstić information content (AvgIpc) is 2.79. The highest BCUT2D eigenvalue weighted by Gasteiger charge is 2.36. The zero-order valence-corrected chi connectivity index (χ0v) is 17.8. The molecule has 0 unspecified atom stereocenters. The maximum Gasteiger partial charge on any atom is 0.244 e. The number of aryl methyl sites for hydroxylation is 1. The van der Waals surface area contributed by atoms with Gasteiger partial charge in [-0.05, 0) is 60.9 Å². The quantitative estimate of drug-likeness (QED) is 0.823. The number of anilines is 1. The first-order valence-corrected chi connectivity index (χ1v) is 11.1. The van der Waals surface area contributed by atoms with Gasteiger partial charge in [0.15, 0.2) is 0 Å². The normalized spacial score (nSPS) is 19.2. The maximum absolute atomic E-state index is 13.5. The third-order valence-electron chi connectivity index (χ3n) is 6.28. The van der Waals surface area contributed by atoms with Crippen LogP contribution in [0, 0.1) is 0 Å². The summed E-state index contributed by atoms with van der Waals surface area (Å²) in [5.41, 5.74) is 4.32. The van der Waals surface area contributed by atoms with Gasteiger partial charge in [-0.3, -0.25) is 14.5 Å². The Morgan fingerprint density at radius 2 is 1.70 bits per heavy atom. The van der Waals surface area contributed by atoms with Gasteiger partial charge in [0.25, 0.3) is 0 Å². The van der Waals surface area contributed by atoms with E-state index in [1.165, 1.54) is 17.5 Å². The Labute approximate surface area is 179 Å². The molecule has 30 heavy (non-hydrogen) atoms. The second kappa shape index (κ2) is 9.43. The summed E-state index contributed by atoms with van der Waals surface area (Å²) in [7, 11) is 0. The van der Waals surface area contributed by atoms with Crippen molar-refractivity contribution in [3.05, 3.63) is 65.2 Å². The number of benzene rings is 2. The molecule has 2 aliphatic rings. The van der Waals surface area contributed by atoms with E-state index in [-0.39, 0.29) is 24.4 Å². The smallest absolute Gasteiger partial charge is 0.244 e. The van der Waals surface area contributed by atoms with Crippen LogP contribution in [0.15, 0.2) is 48.5 Å². The van der Waals surface area contributed by atoms with E-state index < -0.39 is 0 Å². The van der Waals surface area contributed by atoms with Crippen LogP contribution in [-0.2, 0) is 22.4 Å². The van der Waals surface area contributed by atoms with Gasteiger partial charge in [0.05, 0.1) is 6.54 Å². The molecule has 1 fully saturated rings. The van der Waals surface area contributed by atoms with Gasteiger partial charge in [0.2, 0.25) is 11.8 Å². The van der Waals surface area contributed by atoms with Crippen LogP contribution in [0.4, 0.5) is 5.69 Å². The summed E-state index contributed by atoms with van der Waals surface area (Å²) < 4.78 is 0. The van der Waals surface area contributed by atoms with Crippen LogP contribution in [-0.4, -0.2) is 47.8 Å². The zero-order chi connectivity index (χ0) is 20.9. The van der Waals surface area contributed by atoms with Crippen molar-refractivity contribution < 1.29 is 9.59 Å². The van der Waals surface area contributed by atoms with Crippen molar-refractivity contribution in [3.63, 3.8) is 0 Å². The van der Waals surface area contributed by atoms with Crippen LogP contribution >= 0.6 is 0 Å². The Morgan fingerprint density at radius 3 is 2.43 bits per heavy atom. The molecule has 0 bridgehead atoms. The van der Waals surface area contributed by atoms with Crippen molar-refractivity contribution in [2.75, 3.05) is 31.5 Å². The van der Waals surface area contributed by atoms with Crippen LogP contribution in [0.3, 0.4) is 0 Å². The molecule has 1 saturated heterocycles. The van der Waals surface area contributed by atoms with Crippen LogP contribution in [0.2, 0.25) is 0 Å². The van der Waals surface area contributed by atoms with Crippen molar-refractivity contribution in [1.82, 2.24) is 9.80 Å². The van der Waals surface area contributed by atoms with E-state index in [4.69, 9.17) is 0 Å². The molecular formula is C25H31N3O2. The minimum Gasteiger partial charge on any atom is -0.341 e. The standard InChI is InChI=1S/C25H31N3O2/c1-2-19-10-12-21(13-11-19)26-23(29)18-28-17-14-20-8-4-5-9-22(20)24(28)25(30)27-15-6-3-7-16-27/h4-5,8-13,24H,2-3,6-7,14-18H2,1H3,(H,26,29)/t24-/m1/s1. The summed E-state index contributed by atoms with van der Waals surface area (Å²) in [5.74, 6) is 0.0667. The molecule has 2 amide bonds. The van der Waals surface area contributed by atoms with Gasteiger partial charge in [0.1, 0.15) is 6.04 Å². The molecular weight excluding hydrogens is 374 g/mol. The third kappa shape index (κ3) is 4.57. The lowest BCUT2D eigenvalue weighted by Gasteiger charge is -2.39. The maximum atomic E-state index is 13.5. The summed E-state index contributed by atoms with van der Waals surface area (Å²) in [6.45, 7) is 4.68. The first-order valence-electron chi connectivity index (χ1n) is 11.1. The van der Waals surface area contributed by atoms with Crippen LogP contribution in [0.5, 0.6) is 0 Å². The predicted molar refractivity (Wildman–Crippen MR) is 119 cm³/mol. The number of piperidine rings is 1. The molecule has 0 spiro atoms. The van der Waals surface area contributed by atoms with E-state index in [1.807, 2.05) is 41.3 Å². The van der Waals surface area contributed by atoms with Crippen LogP contribution in [0.1, 0.15) is 48.9 Å². The molecule has 5 nitrogen and oxygen atoms in total. The summed E-state index contributed by atoms with van der Waals surface area (Å²) in [4.78, 5) is 30.3. The van der Waals surface area contributed by atoms with Crippen LogP contribution < -0.4 is 5.32 Å². The number of rotatable bonds is 5. The van der Waals surface area contributed by atoms with Crippen LogP contribution in [0.25, 0.3) is 0 Å². The number of carbonyl (C=O) groups excluding carboxylic acids is 2. The second-order valence-corrected chi connectivity index (χ2v) is 8.31. The SMILES string of the molecule is CCc1ccc(NC(=O)CN2CCc3ccccc3[C@@H]2C(=O)N2CCCCC2)cc1. The molecule has 0 aliphatic carbocycles. The van der Waals surface area contributed by atoms with Gasteiger partial charge in [-0.15, -0.1) is 0 Å². The van der Waals surface area contributed by atoms with Gasteiger partial charge >= 0.3 is 0 Å². The lowest BCUT2D eigenvalue weighted by Crippen LogP contribution is -2.49. The number of hydrogen-bond acceptors (Lipinski definition) is 3. The van der Waals surface area contributed by atoms with E-state index in [0.29, 0.717) is 6.54 Å². The third-order valence-corrected chi connectivity index (χ3v) is 6.28. The average molecular weight is 406 g/mol.